The van der Waals surface area contributed by atoms with Crippen LogP contribution < -0.4 is 15.8 Å². The maximum atomic E-state index is 8.77. The Morgan fingerprint density at radius 3 is 2.81 bits per heavy atom. The molecule has 0 spiro atoms. The van der Waals surface area contributed by atoms with Crippen molar-refractivity contribution in [3.05, 3.63) is 29.3 Å². The van der Waals surface area contributed by atoms with Crippen molar-refractivity contribution in [2.24, 2.45) is 16.8 Å². The fourth-order valence-corrected chi connectivity index (χ4v) is 2.94. The van der Waals surface area contributed by atoms with E-state index in [1.165, 1.54) is 32.1 Å². The number of hydrogen-bond donors (Lipinski definition) is 3. The number of rotatable bonds is 6. The number of amidine groups is 1. The molecule has 0 saturated heterocycles. The number of nitrogens with one attached hydrogen (secondary N) is 1. The maximum Gasteiger partial charge on any atom is 0.170 e. The summed E-state index contributed by atoms with van der Waals surface area (Å²) < 4.78 is 5.37. The third kappa shape index (κ3) is 4.36. The van der Waals surface area contributed by atoms with Gasteiger partial charge in [-0.3, -0.25) is 0 Å². The van der Waals surface area contributed by atoms with Crippen LogP contribution in [0.5, 0.6) is 5.75 Å². The van der Waals surface area contributed by atoms with Gasteiger partial charge < -0.3 is 21.0 Å². The van der Waals surface area contributed by atoms with Gasteiger partial charge in [-0.1, -0.05) is 24.4 Å². The van der Waals surface area contributed by atoms with Crippen LogP contribution in [0.25, 0.3) is 0 Å². The lowest BCUT2D eigenvalue weighted by Crippen LogP contribution is -2.24. The summed E-state index contributed by atoms with van der Waals surface area (Å²) in [6.45, 7) is 1.77. The van der Waals surface area contributed by atoms with Crippen LogP contribution in [0.2, 0.25) is 0 Å². The molecule has 0 aromatic heterocycles. The zero-order valence-corrected chi connectivity index (χ0v) is 12.6. The van der Waals surface area contributed by atoms with Gasteiger partial charge in [-0.15, -0.1) is 0 Å². The van der Waals surface area contributed by atoms with Crippen molar-refractivity contribution < 1.29 is 9.94 Å². The molecule has 0 atom stereocenters. The second-order valence-electron chi connectivity index (χ2n) is 5.65. The molecule has 1 aliphatic carbocycles. The summed E-state index contributed by atoms with van der Waals surface area (Å²) >= 11 is 0. The predicted molar refractivity (Wildman–Crippen MR) is 83.8 cm³/mol. The van der Waals surface area contributed by atoms with Crippen molar-refractivity contribution in [2.75, 3.05) is 13.7 Å². The lowest BCUT2D eigenvalue weighted by Gasteiger charge is -2.22. The molecular weight excluding hydrogens is 266 g/mol. The van der Waals surface area contributed by atoms with Gasteiger partial charge in [-0.25, -0.2) is 0 Å². The molecule has 2 rings (SSSR count). The largest absolute Gasteiger partial charge is 0.496 e. The minimum Gasteiger partial charge on any atom is -0.496 e. The average Bonchev–Trinajstić information content (AvgIpc) is 2.55. The third-order valence-corrected chi connectivity index (χ3v) is 4.16. The molecule has 0 heterocycles. The molecule has 116 valence electrons. The molecule has 0 unspecified atom stereocenters. The van der Waals surface area contributed by atoms with Crippen LogP contribution in [0, 0.1) is 5.92 Å². The van der Waals surface area contributed by atoms with Crippen LogP contribution >= 0.6 is 0 Å². The molecular formula is C16H25N3O2. The van der Waals surface area contributed by atoms with E-state index in [0.717, 1.165) is 30.3 Å². The highest BCUT2D eigenvalue weighted by molar-refractivity contribution is 5.97. The van der Waals surface area contributed by atoms with Gasteiger partial charge in [-0.05, 0) is 43.5 Å². The van der Waals surface area contributed by atoms with E-state index in [0.29, 0.717) is 5.56 Å². The van der Waals surface area contributed by atoms with E-state index in [1.54, 1.807) is 13.2 Å². The molecule has 0 bridgehead atoms. The quantitative estimate of drug-likeness (QED) is 0.325. The molecule has 1 aromatic rings. The predicted octanol–water partition coefficient (Wildman–Crippen LogP) is 2.46. The van der Waals surface area contributed by atoms with E-state index in [1.807, 2.05) is 12.1 Å². The summed E-state index contributed by atoms with van der Waals surface area (Å²) in [6, 6.07) is 5.55. The summed E-state index contributed by atoms with van der Waals surface area (Å²) in [5.41, 5.74) is 7.37. The maximum absolute atomic E-state index is 8.77. The lowest BCUT2D eigenvalue weighted by atomic mass is 9.89. The Balaban J connectivity index is 1.96. The molecule has 0 amide bonds. The Hall–Kier alpha value is -1.75. The first-order chi connectivity index (χ1) is 10.2. The number of ether oxygens (including phenoxy) is 1. The highest BCUT2D eigenvalue weighted by atomic mass is 16.5. The smallest absolute Gasteiger partial charge is 0.170 e. The molecule has 5 nitrogen and oxygen atoms in total. The first-order valence-electron chi connectivity index (χ1n) is 7.60. The van der Waals surface area contributed by atoms with Crippen molar-refractivity contribution in [1.82, 2.24) is 5.32 Å². The highest BCUT2D eigenvalue weighted by Crippen LogP contribution is 2.24. The second kappa shape index (κ2) is 7.88. The molecule has 1 saturated carbocycles. The van der Waals surface area contributed by atoms with Crippen molar-refractivity contribution in [2.45, 2.75) is 38.6 Å². The topological polar surface area (TPSA) is 79.9 Å². The van der Waals surface area contributed by atoms with Crippen molar-refractivity contribution >= 4 is 5.84 Å². The zero-order chi connectivity index (χ0) is 15.1. The van der Waals surface area contributed by atoms with Crippen LogP contribution in [-0.2, 0) is 6.54 Å². The van der Waals surface area contributed by atoms with Crippen LogP contribution in [-0.4, -0.2) is 24.7 Å². The fourth-order valence-electron chi connectivity index (χ4n) is 2.94. The third-order valence-electron chi connectivity index (χ3n) is 4.16. The zero-order valence-electron chi connectivity index (χ0n) is 12.6. The van der Waals surface area contributed by atoms with Gasteiger partial charge in [0.15, 0.2) is 5.84 Å². The number of nitrogens with two attached hydrogens (primary N) is 1. The second-order valence-corrected chi connectivity index (χ2v) is 5.65. The SMILES string of the molecule is COc1ccc(/C(N)=N/O)cc1CNCC1CCCCC1. The monoisotopic (exact) mass is 291 g/mol. The number of benzene rings is 1. The first-order valence-corrected chi connectivity index (χ1v) is 7.60. The van der Waals surface area contributed by atoms with E-state index >= 15 is 0 Å². The molecule has 4 N–H and O–H groups in total. The van der Waals surface area contributed by atoms with Crippen LogP contribution in [0.1, 0.15) is 43.2 Å². The lowest BCUT2D eigenvalue weighted by molar-refractivity contribution is 0.318. The number of nitrogens with zero attached hydrogens (tertiary/aromatic N) is 1. The molecule has 0 aliphatic heterocycles. The van der Waals surface area contributed by atoms with Gasteiger partial charge in [-0.2, -0.15) is 0 Å². The Bertz CT molecular complexity index is 482. The Morgan fingerprint density at radius 2 is 2.14 bits per heavy atom. The van der Waals surface area contributed by atoms with Gasteiger partial charge in [0.05, 0.1) is 7.11 Å². The van der Waals surface area contributed by atoms with Crippen molar-refractivity contribution in [3.8, 4) is 5.75 Å². The molecule has 21 heavy (non-hydrogen) atoms. The Morgan fingerprint density at radius 1 is 1.38 bits per heavy atom. The van der Waals surface area contributed by atoms with Gasteiger partial charge in [0.2, 0.25) is 0 Å². The van der Waals surface area contributed by atoms with Gasteiger partial charge >= 0.3 is 0 Å². The standard InChI is InChI=1S/C16H25N3O2/c1-21-15-8-7-13(16(17)19-20)9-14(15)11-18-10-12-5-3-2-4-6-12/h7-9,12,18,20H,2-6,10-11H2,1H3,(H2,17,19). The van der Waals surface area contributed by atoms with Crippen molar-refractivity contribution in [1.29, 1.82) is 0 Å². The fraction of sp³-hybridized carbons (Fsp3) is 0.562. The highest BCUT2D eigenvalue weighted by Gasteiger charge is 2.13. The Labute approximate surface area is 126 Å². The van der Waals surface area contributed by atoms with E-state index < -0.39 is 0 Å². The van der Waals surface area contributed by atoms with Crippen LogP contribution in [0.15, 0.2) is 23.4 Å². The minimum absolute atomic E-state index is 0.117. The minimum atomic E-state index is 0.117. The van der Waals surface area contributed by atoms with E-state index in [4.69, 9.17) is 15.7 Å². The van der Waals surface area contributed by atoms with Crippen molar-refractivity contribution in [3.63, 3.8) is 0 Å². The summed E-state index contributed by atoms with van der Waals surface area (Å²) in [4.78, 5) is 0. The summed E-state index contributed by atoms with van der Waals surface area (Å²) in [5, 5.41) is 15.3. The Kier molecular flexibility index (Phi) is 5.87. The van der Waals surface area contributed by atoms with E-state index in [9.17, 15) is 0 Å². The molecule has 1 fully saturated rings. The average molecular weight is 291 g/mol. The summed E-state index contributed by atoms with van der Waals surface area (Å²) in [5.74, 6) is 1.73. The van der Waals surface area contributed by atoms with Gasteiger partial charge in [0.1, 0.15) is 5.75 Å². The number of methoxy groups -OCH3 is 1. The number of oxime groups is 1. The van der Waals surface area contributed by atoms with Gasteiger partial charge in [0.25, 0.3) is 0 Å². The molecule has 1 aliphatic rings. The molecule has 1 aromatic carbocycles. The van der Waals surface area contributed by atoms with Crippen LogP contribution in [0.4, 0.5) is 0 Å². The van der Waals surface area contributed by atoms with Crippen LogP contribution in [0.3, 0.4) is 0 Å². The summed E-state index contributed by atoms with van der Waals surface area (Å²) in [6.07, 6.45) is 6.75. The number of hydrogen-bond acceptors (Lipinski definition) is 4. The van der Waals surface area contributed by atoms with E-state index in [2.05, 4.69) is 10.5 Å². The normalized spacial score (nSPS) is 16.9. The summed E-state index contributed by atoms with van der Waals surface area (Å²) in [7, 11) is 1.66. The molecule has 0 radical (unpaired) electrons. The van der Waals surface area contributed by atoms with Gasteiger partial charge in [0, 0.05) is 17.7 Å². The first kappa shape index (κ1) is 15.6. The molecule has 5 heteroatoms. The van der Waals surface area contributed by atoms with E-state index in [-0.39, 0.29) is 5.84 Å².